The van der Waals surface area contributed by atoms with E-state index in [-0.39, 0.29) is 24.2 Å². The number of carboxylic acids is 1. The predicted octanol–water partition coefficient (Wildman–Crippen LogP) is 4.58. The number of fused-ring (bicyclic) bond motifs is 3. The van der Waals surface area contributed by atoms with Crippen LogP contribution in [0.3, 0.4) is 0 Å². The first-order chi connectivity index (χ1) is 15.2. The van der Waals surface area contributed by atoms with Gasteiger partial charge in [0.25, 0.3) is 0 Å². The highest BCUT2D eigenvalue weighted by Gasteiger charge is 2.28. The highest BCUT2D eigenvalue weighted by molar-refractivity contribution is 6.13. The van der Waals surface area contributed by atoms with Gasteiger partial charge in [0.2, 0.25) is 5.91 Å². The van der Waals surface area contributed by atoms with Crippen molar-refractivity contribution in [3.05, 3.63) is 60.8 Å². The maximum absolute atomic E-state index is 13.5. The van der Waals surface area contributed by atoms with Gasteiger partial charge in [-0.2, -0.15) is 0 Å². The first kappa shape index (κ1) is 23.2. The van der Waals surface area contributed by atoms with Gasteiger partial charge in [-0.05, 0) is 18.1 Å². The third-order valence-corrected chi connectivity index (χ3v) is 5.74. The summed E-state index contributed by atoms with van der Waals surface area (Å²) in [6.45, 7) is 6.52. The Morgan fingerprint density at radius 1 is 1.00 bits per heavy atom. The number of allylic oxidation sites excluding steroid dienone is 1. The molecule has 7 heteroatoms. The van der Waals surface area contributed by atoms with E-state index in [0.717, 1.165) is 21.8 Å². The van der Waals surface area contributed by atoms with Gasteiger partial charge in [0.15, 0.2) is 5.78 Å². The van der Waals surface area contributed by atoms with Crippen LogP contribution in [0, 0.1) is 11.8 Å². The molecule has 0 aliphatic rings. The van der Waals surface area contributed by atoms with Crippen molar-refractivity contribution in [1.29, 1.82) is 0 Å². The molecule has 0 saturated carbocycles. The van der Waals surface area contributed by atoms with Gasteiger partial charge in [0.1, 0.15) is 6.67 Å². The van der Waals surface area contributed by atoms with Gasteiger partial charge in [-0.25, -0.2) is 4.39 Å². The lowest BCUT2D eigenvalue weighted by Gasteiger charge is -2.27. The zero-order valence-electron chi connectivity index (χ0n) is 18.2. The van der Waals surface area contributed by atoms with Crippen molar-refractivity contribution in [3.8, 4) is 0 Å². The van der Waals surface area contributed by atoms with Crippen molar-refractivity contribution in [3.63, 3.8) is 0 Å². The number of hydrogen-bond donors (Lipinski definition) is 2. The lowest BCUT2D eigenvalue weighted by Crippen LogP contribution is -2.41. The molecule has 3 rings (SSSR count). The van der Waals surface area contributed by atoms with E-state index in [1.807, 2.05) is 62.4 Å². The maximum atomic E-state index is 13.5. The van der Waals surface area contributed by atoms with Crippen LogP contribution < -0.4 is 5.32 Å². The van der Waals surface area contributed by atoms with Gasteiger partial charge in [-0.3, -0.25) is 19.0 Å². The molecule has 2 N–H and O–H groups in total. The standard InChI is InChI=1S/C25H27FN2O4/c1-15(2)19(16(3)27-20(13-25(31)32)23(29)14-26)12-24(30)28-21-10-6-4-8-17(21)18-9-5-7-11-22(18)28/h4-11,15,19-20,27H,3,12-14H2,1-2H3,(H,31,32)/t19-,20?/m0/s1. The zero-order chi connectivity index (χ0) is 23.4. The first-order valence-electron chi connectivity index (χ1n) is 10.5. The molecule has 0 bridgehead atoms. The fourth-order valence-electron chi connectivity index (χ4n) is 4.08. The summed E-state index contributed by atoms with van der Waals surface area (Å²) in [4.78, 5) is 36.4. The molecule has 0 spiro atoms. The van der Waals surface area contributed by atoms with Gasteiger partial charge in [-0.1, -0.05) is 56.8 Å². The molecule has 1 aromatic heterocycles. The van der Waals surface area contributed by atoms with E-state index in [9.17, 15) is 18.8 Å². The number of alkyl halides is 1. The average Bonchev–Trinajstić information content (AvgIpc) is 3.10. The van der Waals surface area contributed by atoms with Crippen LogP contribution >= 0.6 is 0 Å². The van der Waals surface area contributed by atoms with Crippen molar-refractivity contribution >= 4 is 39.5 Å². The molecule has 0 saturated heterocycles. The number of nitrogens with one attached hydrogen (secondary N) is 1. The van der Waals surface area contributed by atoms with E-state index in [2.05, 4.69) is 11.9 Å². The molecule has 1 heterocycles. The number of aliphatic carboxylic acids is 1. The van der Waals surface area contributed by atoms with Crippen LogP contribution in [-0.2, 0) is 9.59 Å². The summed E-state index contributed by atoms with van der Waals surface area (Å²) >= 11 is 0. The number of aromatic nitrogens is 1. The van der Waals surface area contributed by atoms with Gasteiger partial charge < -0.3 is 10.4 Å². The van der Waals surface area contributed by atoms with Crippen LogP contribution in [0.4, 0.5) is 4.39 Å². The number of benzene rings is 2. The molecule has 0 aliphatic heterocycles. The molecule has 32 heavy (non-hydrogen) atoms. The average molecular weight is 438 g/mol. The third-order valence-electron chi connectivity index (χ3n) is 5.74. The molecule has 2 aromatic carbocycles. The number of carboxylic acid groups (broad SMARTS) is 1. The summed E-state index contributed by atoms with van der Waals surface area (Å²) in [7, 11) is 0. The highest BCUT2D eigenvalue weighted by atomic mass is 19.1. The zero-order valence-corrected chi connectivity index (χ0v) is 18.2. The number of Topliss-reactive ketones (excluding diaryl/α,β-unsaturated/α-hetero) is 1. The SMILES string of the molecule is C=C(NC(CC(=O)O)C(=O)CF)[C@@H](CC(=O)n1c2ccccc2c2ccccc21)C(C)C. The molecule has 3 aromatic rings. The lowest BCUT2D eigenvalue weighted by molar-refractivity contribution is -0.139. The minimum atomic E-state index is -1.27. The van der Waals surface area contributed by atoms with Gasteiger partial charge in [-0.15, -0.1) is 0 Å². The highest BCUT2D eigenvalue weighted by Crippen LogP contribution is 2.31. The number of hydrogen-bond acceptors (Lipinski definition) is 4. The Balaban J connectivity index is 1.91. The minimum absolute atomic E-state index is 0.0296. The Labute approximate surface area is 185 Å². The van der Waals surface area contributed by atoms with Crippen LogP contribution in [0.1, 0.15) is 31.5 Å². The topological polar surface area (TPSA) is 88.4 Å². The molecule has 0 radical (unpaired) electrons. The Kier molecular flexibility index (Phi) is 7.08. The summed E-state index contributed by atoms with van der Waals surface area (Å²) < 4.78 is 14.6. The number of ketones is 1. The second-order valence-corrected chi connectivity index (χ2v) is 8.24. The van der Waals surface area contributed by atoms with Crippen LogP contribution in [-0.4, -0.2) is 40.0 Å². The van der Waals surface area contributed by atoms with E-state index < -0.39 is 30.9 Å². The van der Waals surface area contributed by atoms with E-state index >= 15 is 0 Å². The molecule has 0 amide bonds. The van der Waals surface area contributed by atoms with E-state index in [0.29, 0.717) is 5.70 Å². The largest absolute Gasteiger partial charge is 0.481 e. The first-order valence-corrected chi connectivity index (χ1v) is 10.5. The van der Waals surface area contributed by atoms with E-state index in [1.54, 1.807) is 4.57 Å². The number of nitrogens with zero attached hydrogens (tertiary/aromatic N) is 1. The Bertz CT molecular complexity index is 1130. The van der Waals surface area contributed by atoms with Crippen molar-refractivity contribution in [2.45, 2.75) is 32.7 Å². The van der Waals surface area contributed by atoms with Gasteiger partial charge in [0, 0.05) is 28.8 Å². The number of para-hydroxylation sites is 2. The van der Waals surface area contributed by atoms with Crippen molar-refractivity contribution in [2.75, 3.05) is 6.67 Å². The second-order valence-electron chi connectivity index (χ2n) is 8.24. The minimum Gasteiger partial charge on any atom is -0.481 e. The summed E-state index contributed by atoms with van der Waals surface area (Å²) in [6, 6.07) is 14.1. The summed E-state index contributed by atoms with van der Waals surface area (Å²) in [6.07, 6.45) is -0.469. The molecule has 6 nitrogen and oxygen atoms in total. The lowest BCUT2D eigenvalue weighted by atomic mass is 9.88. The number of halogens is 1. The maximum Gasteiger partial charge on any atom is 0.305 e. The molecule has 1 unspecified atom stereocenters. The quantitative estimate of drug-likeness (QED) is 0.484. The molecule has 168 valence electrons. The molecule has 0 fully saturated rings. The summed E-state index contributed by atoms with van der Waals surface area (Å²) in [5.41, 5.74) is 1.95. The van der Waals surface area contributed by atoms with E-state index in [4.69, 9.17) is 5.11 Å². The molecular weight excluding hydrogens is 411 g/mol. The summed E-state index contributed by atoms with van der Waals surface area (Å²) in [5, 5.41) is 13.8. The molecule has 0 aliphatic carbocycles. The van der Waals surface area contributed by atoms with Crippen LogP contribution in [0.15, 0.2) is 60.8 Å². The monoisotopic (exact) mass is 438 g/mol. The van der Waals surface area contributed by atoms with Crippen LogP contribution in [0.5, 0.6) is 0 Å². The Morgan fingerprint density at radius 2 is 1.53 bits per heavy atom. The Morgan fingerprint density at radius 3 is 2.00 bits per heavy atom. The third kappa shape index (κ3) is 4.72. The normalized spacial score (nSPS) is 13.2. The van der Waals surface area contributed by atoms with Gasteiger partial charge in [0.05, 0.1) is 23.5 Å². The van der Waals surface area contributed by atoms with Crippen molar-refractivity contribution in [1.82, 2.24) is 9.88 Å². The second kappa shape index (κ2) is 9.77. The van der Waals surface area contributed by atoms with Crippen molar-refractivity contribution in [2.24, 2.45) is 11.8 Å². The van der Waals surface area contributed by atoms with Crippen molar-refractivity contribution < 1.29 is 23.9 Å². The summed E-state index contributed by atoms with van der Waals surface area (Å²) in [5.74, 6) is -2.64. The van der Waals surface area contributed by atoms with Crippen LogP contribution in [0.2, 0.25) is 0 Å². The van der Waals surface area contributed by atoms with E-state index in [1.165, 1.54) is 0 Å². The number of carbonyl (C=O) groups excluding carboxylic acids is 2. The fourth-order valence-corrected chi connectivity index (χ4v) is 4.08. The smallest absolute Gasteiger partial charge is 0.305 e. The van der Waals surface area contributed by atoms with Crippen LogP contribution in [0.25, 0.3) is 21.8 Å². The molecular formula is C25H27FN2O4. The number of carbonyl (C=O) groups is 3. The molecule has 2 atom stereocenters. The number of rotatable bonds is 10. The van der Waals surface area contributed by atoms with Gasteiger partial charge >= 0.3 is 5.97 Å². The Hall–Kier alpha value is -3.48. The predicted molar refractivity (Wildman–Crippen MR) is 122 cm³/mol. The fraction of sp³-hybridized carbons (Fsp3) is 0.320.